The number of nitrogens with zero attached hydrogens (tertiary/aromatic N) is 6. The van der Waals surface area contributed by atoms with Gasteiger partial charge in [0.25, 0.3) is 11.1 Å². The van der Waals surface area contributed by atoms with Crippen LogP contribution < -0.4 is 16.4 Å². The van der Waals surface area contributed by atoms with E-state index in [-0.39, 0.29) is 22.6 Å². The molecule has 32 heavy (non-hydrogen) atoms. The fraction of sp³-hybridized carbons (Fsp3) is 0.591. The van der Waals surface area contributed by atoms with Crippen molar-refractivity contribution in [2.75, 3.05) is 25.0 Å². The third-order valence-corrected chi connectivity index (χ3v) is 6.09. The molecule has 0 aliphatic carbocycles. The van der Waals surface area contributed by atoms with Crippen LogP contribution in [0.25, 0.3) is 11.0 Å². The lowest BCUT2D eigenvalue weighted by Crippen LogP contribution is -2.46. The Morgan fingerprint density at radius 2 is 2.00 bits per heavy atom. The van der Waals surface area contributed by atoms with Crippen LogP contribution in [0, 0.1) is 0 Å². The van der Waals surface area contributed by atoms with E-state index in [0.29, 0.717) is 30.1 Å². The number of hydrogen-bond acceptors (Lipinski definition) is 7. The minimum atomic E-state index is -0.199. The monoisotopic (exact) mass is 440 g/mol. The first-order chi connectivity index (χ1) is 15.2. The Morgan fingerprint density at radius 3 is 2.78 bits per heavy atom. The largest absolute Gasteiger partial charge is 0.354 e. The van der Waals surface area contributed by atoms with E-state index in [0.717, 1.165) is 38.0 Å². The average molecular weight is 441 g/mol. The molecule has 0 spiro atoms. The highest BCUT2D eigenvalue weighted by Gasteiger charge is 2.23. The van der Waals surface area contributed by atoms with E-state index in [4.69, 9.17) is 0 Å². The molecule has 1 saturated heterocycles. The second kappa shape index (κ2) is 8.85. The lowest BCUT2D eigenvalue weighted by Gasteiger charge is -2.35. The Kier molecular flexibility index (Phi) is 6.14. The number of nitrogens with one attached hydrogen (secondary N) is 2. The van der Waals surface area contributed by atoms with Gasteiger partial charge in [0.2, 0.25) is 5.95 Å². The number of fused-ring (bicyclic) bond motifs is 1. The zero-order valence-electron chi connectivity index (χ0n) is 19.3. The number of piperidine rings is 1. The van der Waals surface area contributed by atoms with Crippen LogP contribution in [0.1, 0.15) is 45.7 Å². The molecule has 0 bridgehead atoms. The minimum absolute atomic E-state index is 0.0732. The molecule has 1 aliphatic rings. The zero-order chi connectivity index (χ0) is 22.9. The maximum Gasteiger partial charge on any atom is 0.266 e. The number of likely N-dealkylation sites (tertiary alicyclic amines) is 1. The van der Waals surface area contributed by atoms with Gasteiger partial charge in [-0.3, -0.25) is 24.2 Å². The summed E-state index contributed by atoms with van der Waals surface area (Å²) in [4.78, 5) is 34.3. The van der Waals surface area contributed by atoms with Crippen molar-refractivity contribution in [3.8, 4) is 0 Å². The molecule has 3 aromatic heterocycles. The lowest BCUT2D eigenvalue weighted by atomic mass is 9.92. The average Bonchev–Trinajstić information content (AvgIpc) is 3.13. The highest BCUT2D eigenvalue weighted by atomic mass is 16.1. The molecular formula is C22H32N8O2. The molecule has 0 radical (unpaired) electrons. The third kappa shape index (κ3) is 4.74. The van der Waals surface area contributed by atoms with Gasteiger partial charge in [-0.1, -0.05) is 27.2 Å². The van der Waals surface area contributed by atoms with Gasteiger partial charge < -0.3 is 5.32 Å². The van der Waals surface area contributed by atoms with Crippen LogP contribution in [0.2, 0.25) is 0 Å². The molecule has 4 heterocycles. The Morgan fingerprint density at radius 1 is 1.19 bits per heavy atom. The van der Waals surface area contributed by atoms with E-state index in [1.54, 1.807) is 22.5 Å². The summed E-state index contributed by atoms with van der Waals surface area (Å²) in [5, 5.41) is 12.5. The van der Waals surface area contributed by atoms with Crippen LogP contribution in [-0.2, 0) is 19.0 Å². The second-order valence-corrected chi connectivity index (χ2v) is 9.52. The number of H-pyrrole nitrogens is 1. The Labute approximate surface area is 186 Å². The van der Waals surface area contributed by atoms with Crippen LogP contribution >= 0.6 is 0 Å². The normalized spacial score (nSPS) is 17.7. The van der Waals surface area contributed by atoms with E-state index in [9.17, 15) is 9.59 Å². The van der Waals surface area contributed by atoms with Gasteiger partial charge in [-0.25, -0.2) is 4.68 Å². The summed E-state index contributed by atoms with van der Waals surface area (Å²) >= 11 is 0. The third-order valence-electron chi connectivity index (χ3n) is 6.09. The molecule has 0 amide bonds. The maximum absolute atomic E-state index is 12.3. The molecule has 4 rings (SSSR count). The summed E-state index contributed by atoms with van der Waals surface area (Å²) in [5.74, 6) is 0.451. The Balaban J connectivity index is 1.43. The Bertz CT molecular complexity index is 1200. The topological polar surface area (TPSA) is 114 Å². The highest BCUT2D eigenvalue weighted by Crippen LogP contribution is 2.19. The van der Waals surface area contributed by atoms with Crippen molar-refractivity contribution in [3.05, 3.63) is 44.7 Å². The summed E-state index contributed by atoms with van der Waals surface area (Å²) in [7, 11) is 1.77. The van der Waals surface area contributed by atoms with Crippen molar-refractivity contribution in [2.24, 2.45) is 7.05 Å². The van der Waals surface area contributed by atoms with Gasteiger partial charge in [-0.2, -0.15) is 15.2 Å². The van der Waals surface area contributed by atoms with Crippen LogP contribution in [0.4, 0.5) is 5.95 Å². The van der Waals surface area contributed by atoms with E-state index in [1.807, 2.05) is 6.07 Å². The van der Waals surface area contributed by atoms with Crippen molar-refractivity contribution >= 4 is 17.0 Å². The van der Waals surface area contributed by atoms with Gasteiger partial charge in [-0.05, 0) is 25.5 Å². The number of rotatable bonds is 6. The number of hydrogen-bond donors (Lipinski definition) is 2. The van der Waals surface area contributed by atoms with E-state index in [2.05, 4.69) is 51.2 Å². The molecule has 1 aliphatic heterocycles. The lowest BCUT2D eigenvalue weighted by molar-refractivity contribution is 0.147. The van der Waals surface area contributed by atoms with Crippen LogP contribution in [0.15, 0.2) is 27.9 Å². The molecule has 0 saturated carbocycles. The molecule has 172 valence electrons. The molecule has 2 N–H and O–H groups in total. The molecule has 3 aromatic rings. The van der Waals surface area contributed by atoms with Gasteiger partial charge in [0, 0.05) is 37.7 Å². The Hall–Kier alpha value is -3.01. The quantitative estimate of drug-likeness (QED) is 0.597. The molecule has 0 aromatic carbocycles. The van der Waals surface area contributed by atoms with Crippen LogP contribution in [0.5, 0.6) is 0 Å². The standard InChI is InChI=1S/C22H32N8O2/c1-22(2,3)17-8-9-18(31)30(27-17)12-11-29-10-6-5-7-15(29)13-23-21-25-19-16(20(32)26-21)14-24-28(19)4/h8-9,14-15H,5-7,10-13H2,1-4H3,(H2,23,25,26,32). The van der Waals surface area contributed by atoms with Crippen molar-refractivity contribution in [1.82, 2.24) is 34.4 Å². The van der Waals surface area contributed by atoms with Crippen molar-refractivity contribution in [2.45, 2.75) is 58.0 Å². The first kappa shape index (κ1) is 22.2. The van der Waals surface area contributed by atoms with Gasteiger partial charge >= 0.3 is 0 Å². The fourth-order valence-corrected chi connectivity index (χ4v) is 4.15. The van der Waals surface area contributed by atoms with Gasteiger partial charge in [0.05, 0.1) is 18.4 Å². The van der Waals surface area contributed by atoms with Gasteiger partial charge in [0.15, 0.2) is 5.65 Å². The second-order valence-electron chi connectivity index (χ2n) is 9.52. The van der Waals surface area contributed by atoms with E-state index in [1.165, 1.54) is 6.20 Å². The summed E-state index contributed by atoms with van der Waals surface area (Å²) in [6.07, 6.45) is 4.87. The van der Waals surface area contributed by atoms with Crippen LogP contribution in [-0.4, -0.2) is 60.1 Å². The van der Waals surface area contributed by atoms with Crippen molar-refractivity contribution < 1.29 is 0 Å². The first-order valence-corrected chi connectivity index (χ1v) is 11.2. The SMILES string of the molecule is Cn1ncc2c(=O)[nH]c(NCC3CCCCN3CCn3nc(C(C)(C)C)ccc3=O)nc21. The molecule has 1 unspecified atom stereocenters. The molecule has 10 heteroatoms. The predicted octanol–water partition coefficient (Wildman–Crippen LogP) is 1.48. The minimum Gasteiger partial charge on any atom is -0.354 e. The summed E-state index contributed by atoms with van der Waals surface area (Å²) < 4.78 is 3.17. The number of anilines is 1. The molecule has 10 nitrogen and oxygen atoms in total. The van der Waals surface area contributed by atoms with Crippen molar-refractivity contribution in [3.63, 3.8) is 0 Å². The van der Waals surface area contributed by atoms with Crippen molar-refractivity contribution in [1.29, 1.82) is 0 Å². The molecular weight excluding hydrogens is 408 g/mol. The van der Waals surface area contributed by atoms with E-state index >= 15 is 0 Å². The number of aromatic nitrogens is 6. The first-order valence-electron chi connectivity index (χ1n) is 11.2. The summed E-state index contributed by atoms with van der Waals surface area (Å²) in [6.45, 7) is 9.22. The molecule has 1 atom stereocenters. The fourth-order valence-electron chi connectivity index (χ4n) is 4.15. The predicted molar refractivity (Wildman–Crippen MR) is 124 cm³/mol. The number of aromatic amines is 1. The number of aryl methyl sites for hydroxylation is 1. The molecule has 1 fully saturated rings. The zero-order valence-corrected chi connectivity index (χ0v) is 19.3. The van der Waals surface area contributed by atoms with E-state index < -0.39 is 0 Å². The smallest absolute Gasteiger partial charge is 0.266 e. The summed E-state index contributed by atoms with van der Waals surface area (Å²) in [6, 6.07) is 3.72. The van der Waals surface area contributed by atoms with Gasteiger partial charge in [-0.15, -0.1) is 0 Å². The summed E-state index contributed by atoms with van der Waals surface area (Å²) in [5.41, 5.74) is 1.09. The van der Waals surface area contributed by atoms with Gasteiger partial charge in [0.1, 0.15) is 5.39 Å². The highest BCUT2D eigenvalue weighted by molar-refractivity contribution is 5.74. The van der Waals surface area contributed by atoms with Crippen LogP contribution in [0.3, 0.4) is 0 Å². The maximum atomic E-state index is 12.3.